The Labute approximate surface area is 426 Å². The minimum atomic E-state index is 0.925. The van der Waals surface area contributed by atoms with E-state index in [1.807, 2.05) is 0 Å². The van der Waals surface area contributed by atoms with Gasteiger partial charge in [-0.25, -0.2) is 9.97 Å². The average molecular weight is 952 g/mol. The molecule has 75 heavy (non-hydrogen) atoms. The smallest absolute Gasteiger partial charge is 0.0977 e. The van der Waals surface area contributed by atoms with Crippen LogP contribution in [-0.4, -0.2) is 33.1 Å². The Kier molecular flexibility index (Phi) is 7.48. The van der Waals surface area contributed by atoms with E-state index in [-0.39, 0.29) is 0 Å². The normalized spacial score (nSPS) is 12.5. The van der Waals surface area contributed by atoms with Gasteiger partial charge in [0, 0.05) is 81.7 Å². The predicted molar refractivity (Wildman–Crippen MR) is 309 cm³/mol. The fourth-order valence-corrected chi connectivity index (χ4v) is 13.1. The minimum Gasteiger partial charge on any atom is -0.308 e. The SMILES string of the molecule is c1ccc(-c2cc3c4cc(-c5ccccc5)nc5c6cc7c8nc(-c9ccccc9)cc9c%10cc(-c%11ccccc%11)ncc%10n(c7c(-c7ccc%10c(c7)c7cccc%11c%12ccccc%12n%10c%117)c6n(c3cn2)c45)c98)cc1. The maximum absolute atomic E-state index is 5.71. The maximum Gasteiger partial charge on any atom is 0.0977 e. The van der Waals surface area contributed by atoms with Crippen LogP contribution in [0, 0.1) is 0 Å². The average Bonchev–Trinajstić information content (AvgIpc) is 4.44. The predicted octanol–water partition coefficient (Wildman–Crippen LogP) is 17.1. The van der Waals surface area contributed by atoms with Crippen LogP contribution in [0.3, 0.4) is 0 Å². The van der Waals surface area contributed by atoms with Gasteiger partial charge in [-0.05, 0) is 54.1 Å². The summed E-state index contributed by atoms with van der Waals surface area (Å²) in [7, 11) is 0. The molecule has 0 N–H and O–H groups in total. The molecule has 18 aromatic rings. The van der Waals surface area contributed by atoms with E-state index in [0.29, 0.717) is 0 Å². The van der Waals surface area contributed by atoms with Gasteiger partial charge in [-0.2, -0.15) is 0 Å². The molecule has 0 radical (unpaired) electrons. The summed E-state index contributed by atoms with van der Waals surface area (Å²) < 4.78 is 7.41. The Morgan fingerprint density at radius 2 is 0.667 bits per heavy atom. The molecule has 344 valence electrons. The van der Waals surface area contributed by atoms with Crippen LogP contribution in [0.5, 0.6) is 0 Å². The van der Waals surface area contributed by atoms with Crippen LogP contribution in [0.1, 0.15) is 0 Å². The molecule has 10 aromatic heterocycles. The minimum absolute atomic E-state index is 0.925. The Bertz CT molecular complexity index is 5140. The molecule has 18 rings (SSSR count). The van der Waals surface area contributed by atoms with Gasteiger partial charge < -0.3 is 13.2 Å². The zero-order valence-electron chi connectivity index (χ0n) is 40.0. The highest BCUT2D eigenvalue weighted by Gasteiger charge is 2.30. The molecule has 0 unspecified atom stereocenters. The molecule has 7 nitrogen and oxygen atoms in total. The largest absolute Gasteiger partial charge is 0.308 e. The number of hydrogen-bond acceptors (Lipinski definition) is 4. The van der Waals surface area contributed by atoms with Crippen molar-refractivity contribution in [3.05, 3.63) is 225 Å². The highest BCUT2D eigenvalue weighted by molar-refractivity contribution is 6.33. The lowest BCUT2D eigenvalue weighted by molar-refractivity contribution is 1.29. The van der Waals surface area contributed by atoms with E-state index in [4.69, 9.17) is 19.9 Å². The molecular formula is C68H37N7. The first kappa shape index (κ1) is 39.4. The van der Waals surface area contributed by atoms with Crippen LogP contribution in [0.2, 0.25) is 0 Å². The van der Waals surface area contributed by atoms with E-state index < -0.39 is 0 Å². The second-order valence-corrected chi connectivity index (χ2v) is 20.1. The molecule has 0 atom stereocenters. The first-order valence-electron chi connectivity index (χ1n) is 25.5. The van der Waals surface area contributed by atoms with Gasteiger partial charge in [0.1, 0.15) is 0 Å². The third-order valence-electron chi connectivity index (χ3n) is 16.3. The van der Waals surface area contributed by atoms with Crippen molar-refractivity contribution in [2.24, 2.45) is 0 Å². The Balaban J connectivity index is 1.07. The zero-order chi connectivity index (χ0) is 48.6. The molecule has 0 amide bonds. The van der Waals surface area contributed by atoms with E-state index in [0.717, 1.165) is 133 Å². The van der Waals surface area contributed by atoms with Gasteiger partial charge in [-0.3, -0.25) is 9.97 Å². The van der Waals surface area contributed by atoms with Crippen molar-refractivity contribution in [1.29, 1.82) is 0 Å². The van der Waals surface area contributed by atoms with Crippen molar-refractivity contribution in [2.75, 3.05) is 0 Å². The standard InChI is InChI=1S/C68H37N7/c1-5-16-38(17-6-1)53-32-47-49-34-55(40-20-9-3-10-21-40)71-62-51-31-52-63-68-50(35-56(72-63)41-22-11-4-12-23-41)48-33-54(39-18-7-2-8-19-39)70-37-60(48)75(68)66(52)61(65(51)74(67(49)62)59(47)36-69-53)42-28-29-58-46(30-42)45-26-15-25-44-43-24-13-14-27-57(43)73(58)64(44)45/h1-37H. The van der Waals surface area contributed by atoms with Crippen LogP contribution >= 0.6 is 0 Å². The fourth-order valence-electron chi connectivity index (χ4n) is 13.1. The van der Waals surface area contributed by atoms with Gasteiger partial charge in [-0.1, -0.05) is 164 Å². The summed E-state index contributed by atoms with van der Waals surface area (Å²) in [6.07, 6.45) is 4.16. The van der Waals surface area contributed by atoms with Crippen molar-refractivity contribution in [3.8, 4) is 56.2 Å². The van der Waals surface area contributed by atoms with Crippen LogP contribution in [0.15, 0.2) is 225 Å². The monoisotopic (exact) mass is 951 g/mol. The molecule has 0 aliphatic heterocycles. The van der Waals surface area contributed by atoms with E-state index >= 15 is 0 Å². The number of rotatable bonds is 5. The van der Waals surface area contributed by atoms with E-state index in [2.05, 4.69) is 238 Å². The summed E-state index contributed by atoms with van der Waals surface area (Å²) in [6.45, 7) is 0. The van der Waals surface area contributed by atoms with Crippen molar-refractivity contribution >= 4 is 115 Å². The second kappa shape index (κ2) is 14.2. The molecule has 10 heterocycles. The van der Waals surface area contributed by atoms with Gasteiger partial charge in [0.15, 0.2) is 0 Å². The summed E-state index contributed by atoms with van der Waals surface area (Å²) >= 11 is 0. The van der Waals surface area contributed by atoms with Crippen molar-refractivity contribution in [3.63, 3.8) is 0 Å². The number of nitrogens with zero attached hydrogens (tertiary/aromatic N) is 7. The highest BCUT2D eigenvalue weighted by Crippen LogP contribution is 2.51. The molecule has 7 heteroatoms. The number of pyridine rings is 4. The van der Waals surface area contributed by atoms with E-state index in [9.17, 15) is 0 Å². The van der Waals surface area contributed by atoms with Crippen LogP contribution in [0.4, 0.5) is 0 Å². The number of aromatic nitrogens is 7. The summed E-state index contributed by atoms with van der Waals surface area (Å²) in [5, 5.41) is 11.6. The number of fused-ring (bicyclic) bond motifs is 18. The molecule has 0 saturated carbocycles. The topological polar surface area (TPSA) is 64.8 Å². The quantitative estimate of drug-likeness (QED) is 0.172. The van der Waals surface area contributed by atoms with Gasteiger partial charge >= 0.3 is 0 Å². The van der Waals surface area contributed by atoms with Gasteiger partial charge in [0.05, 0.1) is 95.9 Å². The number of benzene rings is 8. The third kappa shape index (κ3) is 5.13. The van der Waals surface area contributed by atoms with Gasteiger partial charge in [0.2, 0.25) is 0 Å². The van der Waals surface area contributed by atoms with Crippen LogP contribution < -0.4 is 0 Å². The summed E-state index contributed by atoms with van der Waals surface area (Å²) in [5.41, 5.74) is 22.1. The van der Waals surface area contributed by atoms with Crippen LogP contribution in [-0.2, 0) is 0 Å². The molecule has 0 aliphatic carbocycles. The van der Waals surface area contributed by atoms with Crippen molar-refractivity contribution in [1.82, 2.24) is 33.1 Å². The van der Waals surface area contributed by atoms with E-state index in [1.165, 1.54) is 38.1 Å². The lowest BCUT2D eigenvalue weighted by Gasteiger charge is -2.12. The third-order valence-corrected chi connectivity index (χ3v) is 16.3. The molecule has 0 saturated heterocycles. The summed E-state index contributed by atoms with van der Waals surface area (Å²) in [4.78, 5) is 21.9. The molecule has 0 bridgehead atoms. The lowest BCUT2D eigenvalue weighted by Crippen LogP contribution is -1.93. The lowest BCUT2D eigenvalue weighted by atomic mass is 9.96. The Hall–Kier alpha value is -10.2. The van der Waals surface area contributed by atoms with Gasteiger partial charge in [0.25, 0.3) is 0 Å². The van der Waals surface area contributed by atoms with Crippen molar-refractivity contribution in [2.45, 2.75) is 0 Å². The Morgan fingerprint density at radius 3 is 1.20 bits per heavy atom. The second-order valence-electron chi connectivity index (χ2n) is 20.1. The number of para-hydroxylation sites is 2. The maximum atomic E-state index is 5.71. The molecule has 0 spiro atoms. The fraction of sp³-hybridized carbons (Fsp3) is 0. The summed E-state index contributed by atoms with van der Waals surface area (Å²) in [5.74, 6) is 0. The molecule has 8 aromatic carbocycles. The van der Waals surface area contributed by atoms with Gasteiger partial charge in [-0.15, -0.1) is 0 Å². The van der Waals surface area contributed by atoms with Crippen molar-refractivity contribution < 1.29 is 0 Å². The Morgan fingerprint density at radius 1 is 0.240 bits per heavy atom. The number of hydrogen-bond donors (Lipinski definition) is 0. The van der Waals surface area contributed by atoms with E-state index in [1.54, 1.807) is 0 Å². The summed E-state index contributed by atoms with van der Waals surface area (Å²) in [6, 6.07) is 76.4. The highest BCUT2D eigenvalue weighted by atomic mass is 15.0. The molecular weight excluding hydrogens is 915 g/mol. The first-order valence-corrected chi connectivity index (χ1v) is 25.5. The molecule has 0 aliphatic rings. The zero-order valence-corrected chi connectivity index (χ0v) is 40.0. The molecule has 0 fully saturated rings. The first-order chi connectivity index (χ1) is 37.2. The van der Waals surface area contributed by atoms with Crippen LogP contribution in [0.25, 0.3) is 171 Å².